The zero-order valence-electron chi connectivity index (χ0n) is 16.9. The SMILES string of the molecule is CN(C)c1ccc(-c2cnc3[nH]cc(-c4c[nH][n+](S(=O)(=O)c5cccs5)c4)c3c2)cc1. The van der Waals surface area contributed by atoms with Crippen molar-refractivity contribution in [2.75, 3.05) is 19.0 Å². The topological polar surface area (TPSA) is 85.7 Å². The summed E-state index contributed by atoms with van der Waals surface area (Å²) in [6, 6.07) is 13.7. The van der Waals surface area contributed by atoms with Gasteiger partial charge in [-0.2, -0.15) is 13.5 Å². The number of H-pyrrole nitrogens is 2. The summed E-state index contributed by atoms with van der Waals surface area (Å²) in [4.78, 5) is 9.79. The summed E-state index contributed by atoms with van der Waals surface area (Å²) in [5, 5.41) is 5.52. The number of aromatic amines is 2. The first-order valence-corrected chi connectivity index (χ1v) is 11.9. The van der Waals surface area contributed by atoms with Crippen LogP contribution >= 0.6 is 11.3 Å². The highest BCUT2D eigenvalue weighted by atomic mass is 32.2. The molecule has 5 aromatic rings. The first kappa shape index (κ1) is 19.5. The summed E-state index contributed by atoms with van der Waals surface area (Å²) < 4.78 is 27.0. The van der Waals surface area contributed by atoms with Crippen LogP contribution in [0.15, 0.2) is 76.8 Å². The molecule has 0 amide bonds. The Morgan fingerprint density at radius 2 is 1.84 bits per heavy atom. The van der Waals surface area contributed by atoms with Gasteiger partial charge >= 0.3 is 10.0 Å². The van der Waals surface area contributed by atoms with Crippen LogP contribution in [0.25, 0.3) is 33.3 Å². The van der Waals surface area contributed by atoms with Crippen LogP contribution in [-0.4, -0.2) is 37.6 Å². The van der Waals surface area contributed by atoms with Crippen LogP contribution in [0.4, 0.5) is 5.69 Å². The quantitative estimate of drug-likeness (QED) is 0.398. The number of nitrogens with zero attached hydrogens (tertiary/aromatic N) is 3. The highest BCUT2D eigenvalue weighted by Crippen LogP contribution is 2.31. The minimum absolute atomic E-state index is 0.287. The lowest BCUT2D eigenvalue weighted by atomic mass is 10.0. The second-order valence-corrected chi connectivity index (χ2v) is 10.3. The van der Waals surface area contributed by atoms with Gasteiger partial charge in [0.25, 0.3) is 0 Å². The van der Waals surface area contributed by atoms with E-state index >= 15 is 0 Å². The lowest BCUT2D eigenvalue weighted by molar-refractivity contribution is -0.574. The van der Waals surface area contributed by atoms with Crippen LogP contribution < -0.4 is 8.99 Å². The largest absolute Gasteiger partial charge is 0.430 e. The summed E-state index contributed by atoms with van der Waals surface area (Å²) in [5.74, 6) is 0. The molecule has 7 nitrogen and oxygen atoms in total. The Bertz CT molecular complexity index is 1460. The summed E-state index contributed by atoms with van der Waals surface area (Å²) >= 11 is 1.19. The molecule has 2 N–H and O–H groups in total. The molecular weight excluding hydrogens is 430 g/mol. The lowest BCUT2D eigenvalue weighted by Crippen LogP contribution is -2.43. The number of fused-ring (bicyclic) bond motifs is 1. The maximum Gasteiger partial charge on any atom is 0.430 e. The van der Waals surface area contributed by atoms with Gasteiger partial charge in [0.2, 0.25) is 6.20 Å². The predicted octanol–water partition coefficient (Wildman–Crippen LogP) is 3.88. The fraction of sp³-hybridized carbons (Fsp3) is 0.0909. The van der Waals surface area contributed by atoms with Crippen molar-refractivity contribution in [1.82, 2.24) is 15.1 Å². The van der Waals surface area contributed by atoms with Gasteiger partial charge < -0.3 is 9.88 Å². The Labute approximate surface area is 183 Å². The monoisotopic (exact) mass is 450 g/mol. The number of pyridine rings is 1. The molecular formula is C22H20N5O2S2+. The molecule has 5 rings (SSSR count). The number of anilines is 1. The smallest absolute Gasteiger partial charge is 0.378 e. The molecule has 0 bridgehead atoms. The molecule has 0 saturated heterocycles. The highest BCUT2D eigenvalue weighted by Gasteiger charge is 2.29. The van der Waals surface area contributed by atoms with E-state index in [0.29, 0.717) is 0 Å². The first-order valence-electron chi connectivity index (χ1n) is 9.58. The summed E-state index contributed by atoms with van der Waals surface area (Å²) in [5.41, 5.74) is 5.57. The second kappa shape index (κ2) is 7.36. The van der Waals surface area contributed by atoms with Crippen LogP contribution in [0, 0.1) is 0 Å². The van der Waals surface area contributed by atoms with Gasteiger partial charge in [-0.05, 0) is 41.3 Å². The molecule has 0 saturated carbocycles. The Balaban J connectivity index is 1.54. The molecule has 9 heteroatoms. The number of aromatic nitrogens is 4. The van der Waals surface area contributed by atoms with Crippen LogP contribution in [0.1, 0.15) is 0 Å². The van der Waals surface area contributed by atoms with Crippen molar-refractivity contribution in [3.05, 3.63) is 72.6 Å². The van der Waals surface area contributed by atoms with Crippen molar-refractivity contribution in [2.45, 2.75) is 4.21 Å². The molecule has 0 aliphatic carbocycles. The number of nitrogens with one attached hydrogen (secondary N) is 2. The number of benzene rings is 1. The third kappa shape index (κ3) is 3.41. The third-order valence-corrected chi connectivity index (χ3v) is 8.13. The van der Waals surface area contributed by atoms with Crippen molar-refractivity contribution in [3.63, 3.8) is 0 Å². The maximum absolute atomic E-state index is 12.8. The minimum atomic E-state index is -3.63. The summed E-state index contributed by atoms with van der Waals surface area (Å²) in [6.07, 6.45) is 6.97. The summed E-state index contributed by atoms with van der Waals surface area (Å²) in [7, 11) is 0.389. The van der Waals surface area contributed by atoms with E-state index in [1.807, 2.05) is 26.5 Å². The van der Waals surface area contributed by atoms with E-state index in [0.717, 1.165) is 43.1 Å². The fourth-order valence-electron chi connectivity index (χ4n) is 3.48. The molecule has 4 aromatic heterocycles. The highest BCUT2D eigenvalue weighted by molar-refractivity contribution is 7.87. The van der Waals surface area contributed by atoms with E-state index < -0.39 is 10.0 Å². The minimum Gasteiger partial charge on any atom is -0.378 e. The van der Waals surface area contributed by atoms with Crippen LogP contribution in [0.3, 0.4) is 0 Å². The van der Waals surface area contributed by atoms with Crippen LogP contribution in [-0.2, 0) is 10.0 Å². The molecule has 0 radical (unpaired) electrons. The van der Waals surface area contributed by atoms with E-state index in [2.05, 4.69) is 50.3 Å². The maximum atomic E-state index is 12.8. The lowest BCUT2D eigenvalue weighted by Gasteiger charge is -2.12. The van der Waals surface area contributed by atoms with Gasteiger partial charge in [-0.3, -0.25) is 0 Å². The van der Waals surface area contributed by atoms with Gasteiger partial charge in [-0.15, -0.1) is 11.3 Å². The number of rotatable bonds is 5. The van der Waals surface area contributed by atoms with E-state index in [-0.39, 0.29) is 4.21 Å². The molecule has 4 heterocycles. The van der Waals surface area contributed by atoms with Crippen LogP contribution in [0.2, 0.25) is 0 Å². The standard InChI is InChI=1S/C22H19N5O2S2/c1-26(2)18-7-5-15(6-8-18)16-10-19-20(13-24-22(19)23-11-16)17-12-25-27(14-17)31(28,29)21-4-3-9-30-21/h3-14H,1-2H3,(H,23,24)/p+1. The van der Waals surface area contributed by atoms with Gasteiger partial charge in [-0.25, -0.2) is 4.98 Å². The van der Waals surface area contributed by atoms with Crippen molar-refractivity contribution in [3.8, 4) is 22.3 Å². The van der Waals surface area contributed by atoms with Gasteiger partial charge in [0.1, 0.15) is 5.65 Å². The number of hydrogen-bond acceptors (Lipinski definition) is 5. The average molecular weight is 451 g/mol. The normalized spacial score (nSPS) is 11.8. The van der Waals surface area contributed by atoms with Gasteiger partial charge in [0.05, 0.1) is 11.8 Å². The van der Waals surface area contributed by atoms with Crippen molar-refractivity contribution in [1.29, 1.82) is 0 Å². The molecule has 156 valence electrons. The molecule has 0 spiro atoms. The average Bonchev–Trinajstić information content (AvgIpc) is 3.53. The van der Waals surface area contributed by atoms with E-state index in [4.69, 9.17) is 0 Å². The number of hydrogen-bond donors (Lipinski definition) is 2. The number of thiophene rings is 1. The Kier molecular flexibility index (Phi) is 4.64. The molecule has 0 aliphatic rings. The molecule has 1 aromatic carbocycles. The summed E-state index contributed by atoms with van der Waals surface area (Å²) in [6.45, 7) is 0. The van der Waals surface area contributed by atoms with Crippen LogP contribution in [0.5, 0.6) is 0 Å². The van der Waals surface area contributed by atoms with E-state index in [1.165, 1.54) is 11.3 Å². The molecule has 0 unspecified atom stereocenters. The van der Waals surface area contributed by atoms with E-state index in [9.17, 15) is 8.42 Å². The molecule has 31 heavy (non-hydrogen) atoms. The van der Waals surface area contributed by atoms with Crippen molar-refractivity contribution >= 4 is 38.1 Å². The molecule has 0 atom stereocenters. The Morgan fingerprint density at radius 3 is 2.55 bits per heavy atom. The van der Waals surface area contributed by atoms with E-state index in [1.54, 1.807) is 29.9 Å². The fourth-order valence-corrected chi connectivity index (χ4v) is 5.71. The zero-order valence-corrected chi connectivity index (χ0v) is 18.5. The van der Waals surface area contributed by atoms with Crippen molar-refractivity contribution in [2.24, 2.45) is 0 Å². The van der Waals surface area contributed by atoms with Crippen molar-refractivity contribution < 1.29 is 12.5 Å². The molecule has 0 fully saturated rings. The Morgan fingerprint density at radius 1 is 1.03 bits per heavy atom. The zero-order chi connectivity index (χ0) is 21.6. The first-order chi connectivity index (χ1) is 14.9. The Hall–Kier alpha value is -3.43. The van der Waals surface area contributed by atoms with Gasteiger partial charge in [0.15, 0.2) is 4.21 Å². The van der Waals surface area contributed by atoms with Gasteiger partial charge in [-0.1, -0.05) is 12.1 Å². The van der Waals surface area contributed by atoms with Gasteiger partial charge in [0, 0.05) is 52.8 Å². The molecule has 0 aliphatic heterocycles. The second-order valence-electron chi connectivity index (χ2n) is 7.35. The third-order valence-electron chi connectivity index (χ3n) is 5.17. The predicted molar refractivity (Wildman–Crippen MR) is 123 cm³/mol.